The Balaban J connectivity index is 1.65. The molecular weight excluding hydrogens is 372 g/mol. The van der Waals surface area contributed by atoms with E-state index in [-0.39, 0.29) is 18.4 Å². The van der Waals surface area contributed by atoms with Crippen LogP contribution in [0.5, 0.6) is 0 Å². The summed E-state index contributed by atoms with van der Waals surface area (Å²) >= 11 is 2.78. The molecular formula is C17H16N4O3S2. The van der Waals surface area contributed by atoms with E-state index in [0.29, 0.717) is 23.0 Å². The van der Waals surface area contributed by atoms with Crippen LogP contribution in [0.2, 0.25) is 0 Å². The molecule has 0 radical (unpaired) electrons. The van der Waals surface area contributed by atoms with Gasteiger partial charge in [-0.1, -0.05) is 30.0 Å². The second kappa shape index (κ2) is 6.73. The quantitative estimate of drug-likeness (QED) is 0.824. The van der Waals surface area contributed by atoms with Crippen LogP contribution in [0.1, 0.15) is 15.2 Å². The highest BCUT2D eigenvalue weighted by atomic mass is 32.2. The van der Waals surface area contributed by atoms with Gasteiger partial charge in [-0.05, 0) is 29.7 Å². The standard InChI is InChI=1S/C17H16N4O3S2/c22-14(11-4-2-1-3-5-11)19-15-20-17(13-6-7-18-26-13)10-21(16(23)24)8-12(17)9-25-15/h1-7,12H,8-10H2,(H,23,24)(H,19,20,22). The maximum absolute atomic E-state index is 12.4. The number of carbonyl (C=O) groups excluding carboxylic acids is 1. The Morgan fingerprint density at radius 2 is 2.08 bits per heavy atom. The number of thioether (sulfide) groups is 1. The zero-order valence-electron chi connectivity index (χ0n) is 13.7. The Morgan fingerprint density at radius 3 is 2.77 bits per heavy atom. The summed E-state index contributed by atoms with van der Waals surface area (Å²) in [5, 5.41) is 12.8. The first-order chi connectivity index (χ1) is 12.6. The number of hydrogen-bond donors (Lipinski definition) is 2. The van der Waals surface area contributed by atoms with E-state index in [1.807, 2.05) is 12.1 Å². The third-order valence-electron chi connectivity index (χ3n) is 4.66. The summed E-state index contributed by atoms with van der Waals surface area (Å²) in [4.78, 5) is 31.1. The van der Waals surface area contributed by atoms with Gasteiger partial charge in [-0.3, -0.25) is 4.79 Å². The summed E-state index contributed by atoms with van der Waals surface area (Å²) in [5.74, 6) is 0.527. The minimum Gasteiger partial charge on any atom is -0.465 e. The topological polar surface area (TPSA) is 94.9 Å². The monoisotopic (exact) mass is 388 g/mol. The number of aliphatic imine (C=N–C) groups is 1. The van der Waals surface area contributed by atoms with Crippen molar-refractivity contribution in [2.75, 3.05) is 18.8 Å². The molecule has 1 saturated heterocycles. The summed E-state index contributed by atoms with van der Waals surface area (Å²) in [7, 11) is 0. The Hall–Kier alpha value is -2.39. The molecule has 1 aromatic heterocycles. The maximum Gasteiger partial charge on any atom is 0.407 e. The lowest BCUT2D eigenvalue weighted by molar-refractivity contribution is 0.0977. The van der Waals surface area contributed by atoms with Gasteiger partial charge >= 0.3 is 6.09 Å². The van der Waals surface area contributed by atoms with E-state index in [1.165, 1.54) is 28.2 Å². The van der Waals surface area contributed by atoms with E-state index in [9.17, 15) is 14.7 Å². The molecule has 3 heterocycles. The Kier molecular flexibility index (Phi) is 4.41. The van der Waals surface area contributed by atoms with E-state index in [2.05, 4.69) is 9.69 Å². The van der Waals surface area contributed by atoms with Crippen LogP contribution in [0, 0.1) is 5.92 Å². The van der Waals surface area contributed by atoms with E-state index in [0.717, 1.165) is 4.88 Å². The minimum atomic E-state index is -0.946. The first kappa shape index (κ1) is 17.0. The van der Waals surface area contributed by atoms with E-state index in [4.69, 9.17) is 4.99 Å². The molecule has 2 aromatic rings. The van der Waals surface area contributed by atoms with E-state index >= 15 is 0 Å². The molecule has 2 aliphatic heterocycles. The third-order valence-corrected chi connectivity index (χ3v) is 6.61. The van der Waals surface area contributed by atoms with Gasteiger partial charge in [-0.15, -0.1) is 0 Å². The van der Waals surface area contributed by atoms with Crippen molar-refractivity contribution in [3.63, 3.8) is 0 Å². The van der Waals surface area contributed by atoms with Crippen molar-refractivity contribution in [1.29, 1.82) is 0 Å². The number of aromatic nitrogens is 1. The van der Waals surface area contributed by atoms with Gasteiger partial charge in [0.2, 0.25) is 0 Å². The molecule has 134 valence electrons. The number of benzene rings is 1. The molecule has 1 fully saturated rings. The molecule has 1 aromatic carbocycles. The molecule has 0 aliphatic carbocycles. The maximum atomic E-state index is 12.4. The smallest absolute Gasteiger partial charge is 0.407 e. The molecule has 2 unspecified atom stereocenters. The molecule has 26 heavy (non-hydrogen) atoms. The van der Waals surface area contributed by atoms with Gasteiger partial charge in [0, 0.05) is 30.0 Å². The minimum absolute atomic E-state index is 0.0569. The number of rotatable bonds is 2. The van der Waals surface area contributed by atoms with Crippen LogP contribution in [-0.2, 0) is 5.54 Å². The van der Waals surface area contributed by atoms with Gasteiger partial charge in [0.25, 0.3) is 5.91 Å². The van der Waals surface area contributed by atoms with Crippen molar-refractivity contribution in [2.24, 2.45) is 10.9 Å². The molecule has 7 nitrogen and oxygen atoms in total. The van der Waals surface area contributed by atoms with Crippen molar-refractivity contribution in [2.45, 2.75) is 5.54 Å². The lowest BCUT2D eigenvalue weighted by atomic mass is 9.87. The highest BCUT2D eigenvalue weighted by Crippen LogP contribution is 2.46. The highest BCUT2D eigenvalue weighted by Gasteiger charge is 2.52. The van der Waals surface area contributed by atoms with Gasteiger partial charge in [-0.25, -0.2) is 14.2 Å². The summed E-state index contributed by atoms with van der Waals surface area (Å²) in [6.45, 7) is 0.712. The zero-order chi connectivity index (χ0) is 18.1. The molecule has 4 rings (SSSR count). The summed E-state index contributed by atoms with van der Waals surface area (Å²) in [6.07, 6.45) is 0.757. The van der Waals surface area contributed by atoms with Crippen LogP contribution >= 0.6 is 23.3 Å². The summed E-state index contributed by atoms with van der Waals surface area (Å²) < 4.78 is 4.17. The van der Waals surface area contributed by atoms with Crippen molar-refractivity contribution >= 4 is 40.5 Å². The third kappa shape index (κ3) is 2.97. The molecule has 2 atom stereocenters. The predicted octanol–water partition coefficient (Wildman–Crippen LogP) is 2.48. The highest BCUT2D eigenvalue weighted by molar-refractivity contribution is 8.13. The van der Waals surface area contributed by atoms with Crippen LogP contribution < -0.4 is 5.32 Å². The Morgan fingerprint density at radius 1 is 1.27 bits per heavy atom. The normalized spacial score (nSPS) is 24.7. The molecule has 0 bridgehead atoms. The van der Waals surface area contributed by atoms with E-state index < -0.39 is 11.6 Å². The van der Waals surface area contributed by atoms with Crippen LogP contribution in [0.15, 0.2) is 47.6 Å². The fourth-order valence-electron chi connectivity index (χ4n) is 3.35. The molecule has 2 N–H and O–H groups in total. The molecule has 2 amide bonds. The number of amidine groups is 1. The second-order valence-electron chi connectivity index (χ2n) is 6.21. The van der Waals surface area contributed by atoms with Gasteiger partial charge in [0.05, 0.1) is 11.4 Å². The molecule has 9 heteroatoms. The first-order valence-corrected chi connectivity index (χ1v) is 9.82. The van der Waals surface area contributed by atoms with Crippen LogP contribution in [0.3, 0.4) is 0 Å². The van der Waals surface area contributed by atoms with E-state index in [1.54, 1.807) is 30.5 Å². The average molecular weight is 388 g/mol. The lowest BCUT2D eigenvalue weighted by Gasteiger charge is -2.33. The number of carbonyl (C=O) groups is 2. The number of nitrogens with one attached hydrogen (secondary N) is 1. The number of hydrogen-bond acceptors (Lipinski definition) is 6. The van der Waals surface area contributed by atoms with Gasteiger partial charge in [-0.2, -0.15) is 0 Å². The van der Waals surface area contributed by atoms with Crippen LogP contribution in [0.25, 0.3) is 0 Å². The Labute approximate surface area is 158 Å². The number of amides is 2. The Bertz CT molecular complexity index is 856. The first-order valence-electron chi connectivity index (χ1n) is 8.06. The largest absolute Gasteiger partial charge is 0.465 e. The van der Waals surface area contributed by atoms with Crippen LogP contribution in [0.4, 0.5) is 4.79 Å². The van der Waals surface area contributed by atoms with Crippen molar-refractivity contribution < 1.29 is 14.7 Å². The fourth-order valence-corrected chi connectivity index (χ4v) is 5.28. The lowest BCUT2D eigenvalue weighted by Crippen LogP contribution is -2.42. The van der Waals surface area contributed by atoms with Crippen molar-refractivity contribution in [3.05, 3.63) is 53.0 Å². The van der Waals surface area contributed by atoms with Gasteiger partial charge < -0.3 is 15.3 Å². The number of likely N-dealkylation sites (tertiary alicyclic amines) is 1. The van der Waals surface area contributed by atoms with Gasteiger partial charge in [0.1, 0.15) is 5.54 Å². The number of nitrogens with zero attached hydrogens (tertiary/aromatic N) is 3. The predicted molar refractivity (Wildman–Crippen MR) is 101 cm³/mol. The average Bonchev–Trinajstić information content (AvgIpc) is 3.30. The second-order valence-corrected chi connectivity index (χ2v) is 8.05. The number of fused-ring (bicyclic) bond motifs is 1. The molecule has 0 saturated carbocycles. The van der Waals surface area contributed by atoms with Crippen molar-refractivity contribution in [3.8, 4) is 0 Å². The molecule has 2 aliphatic rings. The number of carboxylic acid groups (broad SMARTS) is 1. The SMILES string of the molecule is O=C(NC1=NC2(c3ccns3)CN(C(=O)O)CC2CS1)c1ccccc1. The van der Waals surface area contributed by atoms with Crippen molar-refractivity contribution in [1.82, 2.24) is 14.6 Å². The molecule has 0 spiro atoms. The summed E-state index contributed by atoms with van der Waals surface area (Å²) in [6, 6.07) is 10.8. The zero-order valence-corrected chi connectivity index (χ0v) is 15.3. The summed E-state index contributed by atoms with van der Waals surface area (Å²) in [5.41, 5.74) is -0.118. The van der Waals surface area contributed by atoms with Crippen LogP contribution in [-0.4, -0.2) is 50.4 Å². The van der Waals surface area contributed by atoms with Gasteiger partial charge in [0.15, 0.2) is 5.17 Å². The fraction of sp³-hybridized carbons (Fsp3) is 0.294.